The number of benzene rings is 1. The molecule has 0 heterocycles. The van der Waals surface area contributed by atoms with Crippen molar-refractivity contribution in [3.8, 4) is 0 Å². The summed E-state index contributed by atoms with van der Waals surface area (Å²) in [5, 5.41) is 0. The Morgan fingerprint density at radius 1 is 1.09 bits per heavy atom. The summed E-state index contributed by atoms with van der Waals surface area (Å²) in [5.74, 6) is 4.00. The summed E-state index contributed by atoms with van der Waals surface area (Å²) < 4.78 is 5.62. The van der Waals surface area contributed by atoms with Crippen molar-refractivity contribution in [1.82, 2.24) is 0 Å². The number of ether oxygens (including phenoxy) is 1. The number of hydrogen-bond donors (Lipinski definition) is 0. The van der Waals surface area contributed by atoms with E-state index in [-0.39, 0.29) is 12.1 Å². The average molecular weight is 461 g/mol. The molecule has 3 fully saturated rings. The number of fused-ring (bicyclic) bond motifs is 5. The van der Waals surface area contributed by atoms with Gasteiger partial charge in [-0.3, -0.25) is 4.79 Å². The van der Waals surface area contributed by atoms with E-state index in [1.54, 1.807) is 12.5 Å². The van der Waals surface area contributed by atoms with Crippen molar-refractivity contribution < 1.29 is 9.53 Å². The summed E-state index contributed by atoms with van der Waals surface area (Å²) in [7, 11) is 0. The molecule has 0 aromatic heterocycles. The van der Waals surface area contributed by atoms with Crippen molar-refractivity contribution in [2.24, 2.45) is 40.4 Å². The quantitative estimate of drug-likeness (QED) is 0.327. The fourth-order valence-electron chi connectivity index (χ4n) is 9.09. The van der Waals surface area contributed by atoms with Gasteiger partial charge in [-0.1, -0.05) is 74.9 Å². The number of rotatable bonds is 5. The Labute approximate surface area is 207 Å². The highest BCUT2D eigenvalue weighted by Crippen LogP contribution is 2.67. The lowest BCUT2D eigenvalue weighted by Gasteiger charge is -2.58. The van der Waals surface area contributed by atoms with Crippen LogP contribution in [-0.2, 0) is 9.53 Å². The lowest BCUT2D eigenvalue weighted by Crippen LogP contribution is -2.51. The van der Waals surface area contributed by atoms with E-state index in [2.05, 4.69) is 69.3 Å². The van der Waals surface area contributed by atoms with E-state index in [0.29, 0.717) is 10.8 Å². The molecule has 8 atom stereocenters. The van der Waals surface area contributed by atoms with Crippen molar-refractivity contribution in [3.05, 3.63) is 53.6 Å². The molecule has 4 aliphatic carbocycles. The van der Waals surface area contributed by atoms with Gasteiger partial charge in [-0.15, -0.1) is 0 Å². The van der Waals surface area contributed by atoms with E-state index in [4.69, 9.17) is 4.74 Å². The first kappa shape index (κ1) is 23.9. The van der Waals surface area contributed by atoms with Crippen LogP contribution in [0.25, 0.3) is 6.08 Å². The topological polar surface area (TPSA) is 26.3 Å². The summed E-state index contributed by atoms with van der Waals surface area (Å²) >= 11 is 0. The number of carbonyl (C=O) groups excluding carboxylic acids is 1. The average Bonchev–Trinajstić information content (AvgIpc) is 3.17. The second kappa shape index (κ2) is 9.32. The molecular formula is C32H44O2. The molecule has 0 N–H and O–H groups in total. The van der Waals surface area contributed by atoms with Gasteiger partial charge in [0.2, 0.25) is 0 Å². The van der Waals surface area contributed by atoms with Crippen molar-refractivity contribution >= 4 is 12.0 Å². The highest BCUT2D eigenvalue weighted by molar-refractivity contribution is 5.66. The van der Waals surface area contributed by atoms with E-state index in [1.165, 1.54) is 50.5 Å². The zero-order valence-corrected chi connectivity index (χ0v) is 21.8. The van der Waals surface area contributed by atoms with E-state index < -0.39 is 0 Å². The molecule has 0 radical (unpaired) electrons. The number of hydrogen-bond acceptors (Lipinski definition) is 2. The van der Waals surface area contributed by atoms with Crippen molar-refractivity contribution in [2.75, 3.05) is 0 Å². The summed E-state index contributed by atoms with van der Waals surface area (Å²) in [6.07, 6.45) is 18.6. The van der Waals surface area contributed by atoms with Gasteiger partial charge in [0.25, 0.3) is 0 Å². The lowest BCUT2D eigenvalue weighted by molar-refractivity contribution is -0.148. The van der Waals surface area contributed by atoms with Gasteiger partial charge in [-0.2, -0.15) is 0 Å². The molecule has 34 heavy (non-hydrogen) atoms. The third-order valence-electron chi connectivity index (χ3n) is 10.8. The third kappa shape index (κ3) is 4.20. The Balaban J connectivity index is 1.28. The first-order valence-corrected chi connectivity index (χ1v) is 13.9. The molecule has 1 aromatic carbocycles. The molecule has 3 saturated carbocycles. The van der Waals surface area contributed by atoms with Crippen molar-refractivity contribution in [2.45, 2.75) is 91.6 Å². The lowest BCUT2D eigenvalue weighted by atomic mass is 9.47. The third-order valence-corrected chi connectivity index (χ3v) is 10.8. The van der Waals surface area contributed by atoms with Crippen LogP contribution >= 0.6 is 0 Å². The summed E-state index contributed by atoms with van der Waals surface area (Å²) in [4.78, 5) is 11.5. The van der Waals surface area contributed by atoms with Crippen LogP contribution in [0.15, 0.2) is 48.1 Å². The van der Waals surface area contributed by atoms with Crippen LogP contribution in [0.3, 0.4) is 0 Å². The van der Waals surface area contributed by atoms with Gasteiger partial charge in [0.15, 0.2) is 0 Å². The van der Waals surface area contributed by atoms with Gasteiger partial charge in [-0.25, -0.2) is 0 Å². The minimum absolute atomic E-state index is 0.0999. The van der Waals surface area contributed by atoms with Gasteiger partial charge < -0.3 is 4.74 Å². The first-order chi connectivity index (χ1) is 16.3. The molecule has 0 saturated heterocycles. The van der Waals surface area contributed by atoms with Gasteiger partial charge in [0.1, 0.15) is 6.10 Å². The standard InChI is InChI=1S/C32H44O2/c1-22(9-8-12-24-10-6-5-7-11-24)28-15-16-29-27-14-13-25-21-26(34-23(2)33)17-19-31(25,3)30(27)18-20-32(28,29)4/h5-8,10-13,22,26-30H,9,14-21H2,1-4H3/t22-,26?,27+,28-,29+,30+,31+,32-/m1/s1. The second-order valence-corrected chi connectivity index (χ2v) is 12.5. The van der Waals surface area contributed by atoms with Crippen LogP contribution in [0.5, 0.6) is 0 Å². The highest BCUT2D eigenvalue weighted by Gasteiger charge is 2.59. The molecule has 0 aliphatic heterocycles. The fourth-order valence-corrected chi connectivity index (χ4v) is 9.09. The van der Waals surface area contributed by atoms with Crippen LogP contribution in [-0.4, -0.2) is 12.1 Å². The maximum absolute atomic E-state index is 11.5. The van der Waals surface area contributed by atoms with Gasteiger partial charge in [-0.05, 0) is 97.3 Å². The molecule has 0 amide bonds. The van der Waals surface area contributed by atoms with Crippen molar-refractivity contribution in [1.29, 1.82) is 0 Å². The Morgan fingerprint density at radius 2 is 1.88 bits per heavy atom. The minimum Gasteiger partial charge on any atom is -0.462 e. The van der Waals surface area contributed by atoms with E-state index in [9.17, 15) is 4.79 Å². The molecule has 1 aromatic rings. The smallest absolute Gasteiger partial charge is 0.302 e. The molecule has 5 rings (SSSR count). The maximum Gasteiger partial charge on any atom is 0.302 e. The Bertz CT molecular complexity index is 945. The molecule has 2 heteroatoms. The van der Waals surface area contributed by atoms with E-state index in [0.717, 1.165) is 42.4 Å². The van der Waals surface area contributed by atoms with Crippen LogP contribution in [0.4, 0.5) is 0 Å². The van der Waals surface area contributed by atoms with Crippen LogP contribution in [0.2, 0.25) is 0 Å². The summed E-state index contributed by atoms with van der Waals surface area (Å²) in [6.45, 7) is 9.26. The predicted molar refractivity (Wildman–Crippen MR) is 140 cm³/mol. The molecule has 0 spiro atoms. The molecule has 2 nitrogen and oxygen atoms in total. The largest absolute Gasteiger partial charge is 0.462 e. The molecule has 0 bridgehead atoms. The van der Waals surface area contributed by atoms with Crippen molar-refractivity contribution in [3.63, 3.8) is 0 Å². The Morgan fingerprint density at radius 3 is 2.65 bits per heavy atom. The Hall–Kier alpha value is -1.83. The number of carbonyl (C=O) groups is 1. The van der Waals surface area contributed by atoms with Gasteiger partial charge in [0.05, 0.1) is 0 Å². The molecule has 184 valence electrons. The first-order valence-electron chi connectivity index (χ1n) is 13.9. The van der Waals surface area contributed by atoms with Crippen LogP contribution in [0.1, 0.15) is 91.0 Å². The number of esters is 1. The van der Waals surface area contributed by atoms with Crippen LogP contribution < -0.4 is 0 Å². The van der Waals surface area contributed by atoms with Gasteiger partial charge >= 0.3 is 5.97 Å². The minimum atomic E-state index is -0.124. The summed E-state index contributed by atoms with van der Waals surface area (Å²) in [5.41, 5.74) is 3.73. The van der Waals surface area contributed by atoms with Gasteiger partial charge in [0, 0.05) is 13.3 Å². The normalized spacial score (nSPS) is 40.1. The molecular weight excluding hydrogens is 416 g/mol. The number of allylic oxidation sites excluding steroid dienone is 2. The van der Waals surface area contributed by atoms with E-state index in [1.807, 2.05) is 0 Å². The molecule has 1 unspecified atom stereocenters. The highest BCUT2D eigenvalue weighted by atomic mass is 16.5. The Kier molecular flexibility index (Phi) is 6.55. The SMILES string of the molecule is CC(=O)OC1CC[C@@]2(C)C(=CC[C@H]3[C@@H]4CC[C@H]([C@H](C)CC=Cc5ccccc5)[C@@]4(C)CC[C@@H]32)C1. The van der Waals surface area contributed by atoms with E-state index >= 15 is 0 Å². The maximum atomic E-state index is 11.5. The zero-order valence-electron chi connectivity index (χ0n) is 21.8. The monoisotopic (exact) mass is 460 g/mol. The van der Waals surface area contributed by atoms with Crippen LogP contribution in [0, 0.1) is 40.4 Å². The predicted octanol–water partition coefficient (Wildman–Crippen LogP) is 8.24. The zero-order chi connectivity index (χ0) is 23.9. The fraction of sp³-hybridized carbons (Fsp3) is 0.656. The summed E-state index contributed by atoms with van der Waals surface area (Å²) in [6, 6.07) is 10.7. The second-order valence-electron chi connectivity index (χ2n) is 12.5. The molecule has 4 aliphatic rings.